The van der Waals surface area contributed by atoms with Gasteiger partial charge in [-0.2, -0.15) is 0 Å². The van der Waals surface area contributed by atoms with Gasteiger partial charge in [-0.1, -0.05) is 0 Å². The number of allylic oxidation sites excluding steroid dienone is 1. The third-order valence-corrected chi connectivity index (χ3v) is 0.916. The Morgan fingerprint density at radius 2 is 2.30 bits per heavy atom. The van der Waals surface area contributed by atoms with Crippen LogP contribution < -0.4 is 5.32 Å². The Labute approximate surface area is 59.2 Å². The van der Waals surface area contributed by atoms with Crippen molar-refractivity contribution < 1.29 is 15.0 Å². The zero-order valence-corrected chi connectivity index (χ0v) is 5.79. The van der Waals surface area contributed by atoms with Crippen LogP contribution in [0.15, 0.2) is 11.8 Å². The number of carboxylic acids is 1. The number of aliphatic hydroxyl groups is 1. The molecule has 0 saturated carbocycles. The van der Waals surface area contributed by atoms with Crippen molar-refractivity contribution in [3.63, 3.8) is 0 Å². The van der Waals surface area contributed by atoms with Gasteiger partial charge in [-0.15, -0.1) is 0 Å². The lowest BCUT2D eigenvalue weighted by Gasteiger charge is -2.00. The molecule has 10 heavy (non-hydrogen) atoms. The predicted molar refractivity (Wildman–Crippen MR) is 36.5 cm³/mol. The number of nitrogens with one attached hydrogen (secondary N) is 1. The molecule has 4 nitrogen and oxygen atoms in total. The van der Waals surface area contributed by atoms with Gasteiger partial charge >= 0.3 is 5.97 Å². The third-order valence-electron chi connectivity index (χ3n) is 0.916. The minimum Gasteiger partial charge on any atom is -0.480 e. The summed E-state index contributed by atoms with van der Waals surface area (Å²) >= 11 is 0. The molecule has 0 atom stereocenters. The van der Waals surface area contributed by atoms with E-state index in [0.717, 1.165) is 0 Å². The van der Waals surface area contributed by atoms with E-state index in [4.69, 9.17) is 10.2 Å². The van der Waals surface area contributed by atoms with Crippen LogP contribution in [-0.2, 0) is 4.79 Å². The lowest BCUT2D eigenvalue weighted by Crippen LogP contribution is -2.20. The highest BCUT2D eigenvalue weighted by Gasteiger charge is 1.93. The summed E-state index contributed by atoms with van der Waals surface area (Å²) in [6.07, 6.45) is 1.50. The Morgan fingerprint density at radius 3 is 2.70 bits per heavy atom. The topological polar surface area (TPSA) is 69.6 Å². The van der Waals surface area contributed by atoms with Crippen molar-refractivity contribution in [1.82, 2.24) is 5.32 Å². The second kappa shape index (κ2) is 4.81. The largest absolute Gasteiger partial charge is 0.480 e. The van der Waals surface area contributed by atoms with Gasteiger partial charge < -0.3 is 15.5 Å². The standard InChI is InChI=1S/C6H11NO3/c1-5(2-3-8)7-4-6(9)10/h2,7-8H,3-4H2,1H3,(H,9,10)/b5-2+. The molecule has 0 amide bonds. The summed E-state index contributed by atoms with van der Waals surface area (Å²) in [5, 5.41) is 19.1. The maximum absolute atomic E-state index is 9.96. The molecule has 0 fully saturated rings. The van der Waals surface area contributed by atoms with Gasteiger partial charge in [-0.05, 0) is 13.0 Å². The smallest absolute Gasteiger partial charge is 0.322 e. The Kier molecular flexibility index (Phi) is 4.32. The normalized spacial score (nSPS) is 11.2. The van der Waals surface area contributed by atoms with Crippen LogP contribution in [0.2, 0.25) is 0 Å². The fourth-order valence-electron chi connectivity index (χ4n) is 0.424. The zero-order chi connectivity index (χ0) is 7.98. The van der Waals surface area contributed by atoms with E-state index in [1.807, 2.05) is 0 Å². The van der Waals surface area contributed by atoms with E-state index >= 15 is 0 Å². The maximum atomic E-state index is 9.96. The van der Waals surface area contributed by atoms with Crippen LogP contribution in [0.4, 0.5) is 0 Å². The highest BCUT2D eigenvalue weighted by atomic mass is 16.4. The van der Waals surface area contributed by atoms with Crippen LogP contribution in [0, 0.1) is 0 Å². The van der Waals surface area contributed by atoms with Crippen molar-refractivity contribution in [3.05, 3.63) is 11.8 Å². The number of rotatable bonds is 4. The first kappa shape index (κ1) is 8.97. The molecule has 0 aromatic rings. The summed E-state index contributed by atoms with van der Waals surface area (Å²) in [6.45, 7) is 1.51. The first-order valence-corrected chi connectivity index (χ1v) is 2.90. The van der Waals surface area contributed by atoms with Crippen molar-refractivity contribution in [2.45, 2.75) is 6.92 Å². The summed E-state index contributed by atoms with van der Waals surface area (Å²) in [5.41, 5.74) is 0.671. The second-order valence-electron chi connectivity index (χ2n) is 1.82. The summed E-state index contributed by atoms with van der Waals surface area (Å²) < 4.78 is 0. The molecule has 0 heterocycles. The second-order valence-corrected chi connectivity index (χ2v) is 1.82. The molecule has 58 valence electrons. The fourth-order valence-corrected chi connectivity index (χ4v) is 0.424. The average molecular weight is 145 g/mol. The first-order chi connectivity index (χ1) is 4.66. The van der Waals surface area contributed by atoms with Gasteiger partial charge in [0.05, 0.1) is 6.61 Å². The molecular formula is C6H11NO3. The number of hydrogen-bond donors (Lipinski definition) is 3. The molecule has 0 saturated heterocycles. The zero-order valence-electron chi connectivity index (χ0n) is 5.79. The summed E-state index contributed by atoms with van der Waals surface area (Å²) in [6, 6.07) is 0. The quantitative estimate of drug-likeness (QED) is 0.501. The maximum Gasteiger partial charge on any atom is 0.322 e. The number of carboxylic acid groups (broad SMARTS) is 1. The number of hydrogen-bond acceptors (Lipinski definition) is 3. The summed E-state index contributed by atoms with van der Waals surface area (Å²) in [5.74, 6) is -0.911. The highest BCUT2D eigenvalue weighted by Crippen LogP contribution is 1.82. The molecule has 4 heteroatoms. The minimum absolute atomic E-state index is 0.0710. The molecule has 0 rings (SSSR count). The molecule has 0 aliphatic heterocycles. The van der Waals surface area contributed by atoms with Crippen molar-refractivity contribution in [2.24, 2.45) is 0 Å². The highest BCUT2D eigenvalue weighted by molar-refractivity contribution is 5.69. The average Bonchev–Trinajstić information content (AvgIpc) is 1.85. The van der Waals surface area contributed by atoms with Crippen molar-refractivity contribution in [1.29, 1.82) is 0 Å². The lowest BCUT2D eigenvalue weighted by atomic mass is 10.4. The van der Waals surface area contributed by atoms with Gasteiger partial charge in [0.1, 0.15) is 6.54 Å². The summed E-state index contributed by atoms with van der Waals surface area (Å²) in [4.78, 5) is 9.96. The van der Waals surface area contributed by atoms with Crippen LogP contribution >= 0.6 is 0 Å². The van der Waals surface area contributed by atoms with Crippen LogP contribution in [0.1, 0.15) is 6.92 Å². The number of aliphatic hydroxyl groups excluding tert-OH is 1. The van der Waals surface area contributed by atoms with Crippen LogP contribution in [0.3, 0.4) is 0 Å². The molecule has 0 aromatic carbocycles. The van der Waals surface area contributed by atoms with Gasteiger partial charge in [0.2, 0.25) is 0 Å². The van der Waals surface area contributed by atoms with Gasteiger partial charge in [0, 0.05) is 5.70 Å². The van der Waals surface area contributed by atoms with E-state index in [1.54, 1.807) is 6.92 Å². The Bertz CT molecular complexity index is 142. The Morgan fingerprint density at radius 1 is 1.70 bits per heavy atom. The molecule has 0 aliphatic carbocycles. The fraction of sp³-hybridized carbons (Fsp3) is 0.500. The molecule has 0 aromatic heterocycles. The Balaban J connectivity index is 3.48. The van der Waals surface area contributed by atoms with Crippen molar-refractivity contribution in [3.8, 4) is 0 Å². The van der Waals surface area contributed by atoms with E-state index in [1.165, 1.54) is 6.08 Å². The number of aliphatic carboxylic acids is 1. The first-order valence-electron chi connectivity index (χ1n) is 2.90. The van der Waals surface area contributed by atoms with E-state index in [0.29, 0.717) is 5.70 Å². The van der Waals surface area contributed by atoms with Crippen LogP contribution in [0.5, 0.6) is 0 Å². The minimum atomic E-state index is -0.911. The summed E-state index contributed by atoms with van der Waals surface area (Å²) in [7, 11) is 0. The van der Waals surface area contributed by atoms with E-state index in [9.17, 15) is 4.79 Å². The van der Waals surface area contributed by atoms with Crippen LogP contribution in [0.25, 0.3) is 0 Å². The molecular weight excluding hydrogens is 134 g/mol. The SMILES string of the molecule is C/C(=C\CO)NCC(=O)O. The van der Waals surface area contributed by atoms with E-state index in [-0.39, 0.29) is 13.2 Å². The third kappa shape index (κ3) is 5.11. The molecule has 0 aliphatic rings. The van der Waals surface area contributed by atoms with Crippen molar-refractivity contribution in [2.75, 3.05) is 13.2 Å². The molecule has 0 spiro atoms. The Hall–Kier alpha value is -1.03. The van der Waals surface area contributed by atoms with Gasteiger partial charge in [-0.25, -0.2) is 0 Å². The molecule has 0 radical (unpaired) electrons. The van der Waals surface area contributed by atoms with Gasteiger partial charge in [0.25, 0.3) is 0 Å². The predicted octanol–water partition coefficient (Wildman–Crippen LogP) is -0.443. The number of carbonyl (C=O) groups is 1. The van der Waals surface area contributed by atoms with Crippen LogP contribution in [-0.4, -0.2) is 29.3 Å². The van der Waals surface area contributed by atoms with Gasteiger partial charge in [-0.3, -0.25) is 4.79 Å². The van der Waals surface area contributed by atoms with Gasteiger partial charge in [0.15, 0.2) is 0 Å². The van der Waals surface area contributed by atoms with Crippen molar-refractivity contribution >= 4 is 5.97 Å². The monoisotopic (exact) mass is 145 g/mol. The molecule has 0 unspecified atom stereocenters. The van der Waals surface area contributed by atoms with E-state index in [2.05, 4.69) is 5.32 Å². The molecule has 3 N–H and O–H groups in total. The van der Waals surface area contributed by atoms with E-state index < -0.39 is 5.97 Å². The lowest BCUT2D eigenvalue weighted by molar-refractivity contribution is -0.135. The molecule has 0 bridgehead atoms.